The molecule has 0 aliphatic heterocycles. The van der Waals surface area contributed by atoms with E-state index in [2.05, 4.69) is 47.8 Å². The first-order valence-electron chi connectivity index (χ1n) is 5.42. The van der Waals surface area contributed by atoms with Gasteiger partial charge in [-0.25, -0.2) is 0 Å². The van der Waals surface area contributed by atoms with Crippen molar-refractivity contribution in [1.29, 1.82) is 0 Å². The Balaban J connectivity index is 2.14. The van der Waals surface area contributed by atoms with Crippen molar-refractivity contribution in [2.45, 2.75) is 6.54 Å². The summed E-state index contributed by atoms with van der Waals surface area (Å²) in [6.45, 7) is 0.424. The lowest BCUT2D eigenvalue weighted by Crippen LogP contribution is -2.26. The Kier molecular flexibility index (Phi) is 4.86. The standard InChI is InChI=1S/C13H10Br3NO2/c1-17(7-9-3-5-12(16)19-9)13(18)10-4-2-8(14)6-11(10)15/h2-6H,7H2,1H3. The van der Waals surface area contributed by atoms with Gasteiger partial charge in [-0.1, -0.05) is 15.9 Å². The van der Waals surface area contributed by atoms with E-state index in [1.54, 1.807) is 18.0 Å². The molecular formula is C13H10Br3NO2. The molecule has 0 unspecified atom stereocenters. The van der Waals surface area contributed by atoms with E-state index in [0.29, 0.717) is 16.8 Å². The topological polar surface area (TPSA) is 33.5 Å². The monoisotopic (exact) mass is 449 g/mol. The Bertz CT molecular complexity index is 610. The second-order valence-electron chi connectivity index (χ2n) is 3.99. The molecule has 0 aliphatic carbocycles. The third kappa shape index (κ3) is 3.70. The SMILES string of the molecule is CN(Cc1ccc(Br)o1)C(=O)c1ccc(Br)cc1Br. The van der Waals surface area contributed by atoms with Crippen LogP contribution in [0.15, 0.2) is 48.4 Å². The summed E-state index contributed by atoms with van der Waals surface area (Å²) >= 11 is 10.0. The minimum absolute atomic E-state index is 0.0631. The molecular weight excluding hydrogens is 442 g/mol. The highest BCUT2D eigenvalue weighted by atomic mass is 79.9. The minimum Gasteiger partial charge on any atom is -0.452 e. The highest BCUT2D eigenvalue weighted by Gasteiger charge is 2.16. The highest BCUT2D eigenvalue weighted by Crippen LogP contribution is 2.23. The minimum atomic E-state index is -0.0631. The molecule has 0 atom stereocenters. The van der Waals surface area contributed by atoms with E-state index < -0.39 is 0 Å². The van der Waals surface area contributed by atoms with Crippen LogP contribution in [0.4, 0.5) is 0 Å². The Hall–Kier alpha value is -0.590. The van der Waals surface area contributed by atoms with E-state index in [9.17, 15) is 4.79 Å². The predicted molar refractivity (Wildman–Crippen MR) is 84.0 cm³/mol. The van der Waals surface area contributed by atoms with E-state index >= 15 is 0 Å². The molecule has 2 aromatic rings. The van der Waals surface area contributed by atoms with Gasteiger partial charge in [-0.15, -0.1) is 0 Å². The zero-order valence-electron chi connectivity index (χ0n) is 9.99. The summed E-state index contributed by atoms with van der Waals surface area (Å²) in [4.78, 5) is 13.9. The molecule has 100 valence electrons. The lowest BCUT2D eigenvalue weighted by Gasteiger charge is -2.16. The lowest BCUT2D eigenvalue weighted by atomic mass is 10.2. The molecule has 19 heavy (non-hydrogen) atoms. The molecule has 0 saturated heterocycles. The molecule has 1 heterocycles. The third-order valence-electron chi connectivity index (χ3n) is 2.53. The van der Waals surface area contributed by atoms with Gasteiger partial charge in [0.15, 0.2) is 4.67 Å². The highest BCUT2D eigenvalue weighted by molar-refractivity contribution is 9.11. The summed E-state index contributed by atoms with van der Waals surface area (Å²) in [6.07, 6.45) is 0. The van der Waals surface area contributed by atoms with Gasteiger partial charge in [-0.05, 0) is 62.2 Å². The number of hydrogen-bond acceptors (Lipinski definition) is 2. The van der Waals surface area contributed by atoms with Crippen LogP contribution in [0.25, 0.3) is 0 Å². The average molecular weight is 452 g/mol. The van der Waals surface area contributed by atoms with E-state index in [-0.39, 0.29) is 5.91 Å². The molecule has 6 heteroatoms. The number of nitrogens with zero attached hydrogens (tertiary/aromatic N) is 1. The quantitative estimate of drug-likeness (QED) is 0.669. The second kappa shape index (κ2) is 6.24. The van der Waals surface area contributed by atoms with Gasteiger partial charge in [0.1, 0.15) is 5.76 Å². The normalized spacial score (nSPS) is 10.5. The summed E-state index contributed by atoms with van der Waals surface area (Å²) in [5.41, 5.74) is 0.622. The molecule has 1 aromatic carbocycles. The summed E-state index contributed by atoms with van der Waals surface area (Å²) in [5, 5.41) is 0. The average Bonchev–Trinajstić information content (AvgIpc) is 2.74. The third-order valence-corrected chi connectivity index (χ3v) is 4.11. The van der Waals surface area contributed by atoms with E-state index in [4.69, 9.17) is 4.42 Å². The van der Waals surface area contributed by atoms with Gasteiger partial charge in [0.25, 0.3) is 5.91 Å². The molecule has 2 rings (SSSR count). The molecule has 0 saturated carbocycles. The van der Waals surface area contributed by atoms with Gasteiger partial charge in [0, 0.05) is 16.0 Å². The number of rotatable bonds is 3. The van der Waals surface area contributed by atoms with Crippen LogP contribution in [0.1, 0.15) is 16.1 Å². The largest absolute Gasteiger partial charge is 0.452 e. The zero-order valence-corrected chi connectivity index (χ0v) is 14.7. The lowest BCUT2D eigenvalue weighted by molar-refractivity contribution is 0.0774. The van der Waals surface area contributed by atoms with Gasteiger partial charge in [-0.3, -0.25) is 4.79 Å². The second-order valence-corrected chi connectivity index (χ2v) is 6.54. The van der Waals surface area contributed by atoms with E-state index in [1.807, 2.05) is 24.3 Å². The number of carbonyl (C=O) groups excluding carboxylic acids is 1. The van der Waals surface area contributed by atoms with Crippen molar-refractivity contribution in [3.63, 3.8) is 0 Å². The molecule has 1 amide bonds. The first-order chi connectivity index (χ1) is 8.97. The molecule has 0 spiro atoms. The molecule has 3 nitrogen and oxygen atoms in total. The fourth-order valence-corrected chi connectivity index (χ4v) is 3.17. The van der Waals surface area contributed by atoms with Gasteiger partial charge < -0.3 is 9.32 Å². The van der Waals surface area contributed by atoms with Gasteiger partial charge >= 0.3 is 0 Å². The van der Waals surface area contributed by atoms with Crippen molar-refractivity contribution in [2.24, 2.45) is 0 Å². The Morgan fingerprint density at radius 3 is 2.53 bits per heavy atom. The fourth-order valence-electron chi connectivity index (χ4n) is 1.61. The zero-order chi connectivity index (χ0) is 14.0. The van der Waals surface area contributed by atoms with Crippen molar-refractivity contribution >= 4 is 53.7 Å². The van der Waals surface area contributed by atoms with Crippen LogP contribution in [0, 0.1) is 0 Å². The summed E-state index contributed by atoms with van der Waals surface area (Å²) in [7, 11) is 1.74. The van der Waals surface area contributed by atoms with Crippen LogP contribution < -0.4 is 0 Å². The van der Waals surface area contributed by atoms with Crippen molar-refractivity contribution in [1.82, 2.24) is 4.90 Å². The molecule has 0 N–H and O–H groups in total. The number of halogens is 3. The predicted octanol–water partition coefficient (Wildman–Crippen LogP) is 4.84. The molecule has 0 fully saturated rings. The molecule has 0 bridgehead atoms. The maximum Gasteiger partial charge on any atom is 0.255 e. The van der Waals surface area contributed by atoms with Crippen LogP contribution in [0.2, 0.25) is 0 Å². The summed E-state index contributed by atoms with van der Waals surface area (Å²) in [5.74, 6) is 0.669. The van der Waals surface area contributed by atoms with Gasteiger partial charge in [-0.2, -0.15) is 0 Å². The molecule has 0 radical (unpaired) electrons. The van der Waals surface area contributed by atoms with Crippen molar-refractivity contribution in [3.8, 4) is 0 Å². The van der Waals surface area contributed by atoms with Crippen molar-refractivity contribution < 1.29 is 9.21 Å². The van der Waals surface area contributed by atoms with Crippen LogP contribution in [0.5, 0.6) is 0 Å². The first kappa shape index (κ1) is 14.8. The van der Waals surface area contributed by atoms with Crippen molar-refractivity contribution in [3.05, 3.63) is 55.3 Å². The molecule has 1 aromatic heterocycles. The van der Waals surface area contributed by atoms with Crippen LogP contribution >= 0.6 is 47.8 Å². The maximum atomic E-state index is 12.3. The Labute approximate surface area is 136 Å². The molecule has 0 aliphatic rings. The number of carbonyl (C=O) groups is 1. The smallest absolute Gasteiger partial charge is 0.255 e. The number of hydrogen-bond donors (Lipinski definition) is 0. The van der Waals surface area contributed by atoms with Crippen LogP contribution in [-0.4, -0.2) is 17.9 Å². The van der Waals surface area contributed by atoms with E-state index in [1.165, 1.54) is 0 Å². The van der Waals surface area contributed by atoms with Gasteiger partial charge in [0.2, 0.25) is 0 Å². The van der Waals surface area contributed by atoms with E-state index in [0.717, 1.165) is 14.7 Å². The number of amides is 1. The summed E-state index contributed by atoms with van der Waals surface area (Å²) in [6, 6.07) is 9.12. The van der Waals surface area contributed by atoms with Gasteiger partial charge in [0.05, 0.1) is 12.1 Å². The Morgan fingerprint density at radius 2 is 1.95 bits per heavy atom. The van der Waals surface area contributed by atoms with Crippen LogP contribution in [-0.2, 0) is 6.54 Å². The number of furan rings is 1. The van der Waals surface area contributed by atoms with Crippen molar-refractivity contribution in [2.75, 3.05) is 7.05 Å². The maximum absolute atomic E-state index is 12.3. The number of benzene rings is 1. The summed E-state index contributed by atoms with van der Waals surface area (Å²) < 4.78 is 7.74. The fraction of sp³-hybridized carbons (Fsp3) is 0.154. The van der Waals surface area contributed by atoms with Crippen LogP contribution in [0.3, 0.4) is 0 Å². The Morgan fingerprint density at radius 1 is 1.21 bits per heavy atom. The first-order valence-corrected chi connectivity index (χ1v) is 7.80.